The minimum atomic E-state index is -3.59. The summed E-state index contributed by atoms with van der Waals surface area (Å²) in [6, 6.07) is 9.22. The van der Waals surface area contributed by atoms with Crippen LogP contribution in [-0.2, 0) is 14.6 Å². The average molecular weight is 351 g/mol. The first-order chi connectivity index (χ1) is 11.2. The molecule has 0 aliphatic carbocycles. The van der Waals surface area contributed by atoms with Crippen LogP contribution in [0, 0.1) is 10.1 Å². The largest absolute Gasteiger partial charge is 0.465 e. The zero-order valence-corrected chi connectivity index (χ0v) is 13.6. The van der Waals surface area contributed by atoms with Crippen LogP contribution in [-0.4, -0.2) is 32.7 Å². The molecule has 0 bridgehead atoms. The molecule has 126 valence electrons. The van der Waals surface area contributed by atoms with Crippen LogP contribution in [0.2, 0.25) is 0 Å². The lowest BCUT2D eigenvalue weighted by atomic mass is 10.2. The third-order valence-corrected chi connectivity index (χ3v) is 4.15. The molecule has 8 nitrogen and oxygen atoms in total. The van der Waals surface area contributed by atoms with Gasteiger partial charge in [-0.25, -0.2) is 13.2 Å². The molecule has 0 aromatic heterocycles. The van der Waals surface area contributed by atoms with E-state index in [0.29, 0.717) is 0 Å². The maximum Gasteiger partial charge on any atom is 0.337 e. The van der Waals surface area contributed by atoms with Crippen LogP contribution in [0.3, 0.4) is 0 Å². The Bertz CT molecular complexity index is 906. The number of hydrogen-bond donors (Lipinski definition) is 0. The van der Waals surface area contributed by atoms with E-state index in [1.165, 1.54) is 43.5 Å². The normalized spacial score (nSPS) is 10.9. The van der Waals surface area contributed by atoms with Gasteiger partial charge in [-0.3, -0.25) is 10.1 Å². The van der Waals surface area contributed by atoms with Gasteiger partial charge in [-0.05, 0) is 30.3 Å². The lowest BCUT2D eigenvalue weighted by Crippen LogP contribution is -2.02. The quantitative estimate of drug-likeness (QED) is 0.462. The van der Waals surface area contributed by atoms with Crippen LogP contribution >= 0.6 is 0 Å². The summed E-state index contributed by atoms with van der Waals surface area (Å²) in [5.74, 6) is -0.551. The van der Waals surface area contributed by atoms with Gasteiger partial charge in [0, 0.05) is 12.3 Å². The molecule has 0 saturated heterocycles. The van der Waals surface area contributed by atoms with Crippen LogP contribution in [0.15, 0.2) is 47.4 Å². The number of carbonyl (C=O) groups excluding carboxylic acids is 1. The van der Waals surface area contributed by atoms with E-state index in [2.05, 4.69) is 4.74 Å². The Labute approximate surface area is 137 Å². The minimum absolute atomic E-state index is 0.144. The number of nitrogens with zero attached hydrogens (tertiary/aromatic N) is 1. The van der Waals surface area contributed by atoms with E-state index in [0.717, 1.165) is 12.3 Å². The maximum absolute atomic E-state index is 11.5. The third-order valence-electron chi connectivity index (χ3n) is 3.04. The summed E-state index contributed by atoms with van der Waals surface area (Å²) in [6.45, 7) is 0. The molecule has 24 heavy (non-hydrogen) atoms. The van der Waals surface area contributed by atoms with Gasteiger partial charge in [-0.15, -0.1) is 0 Å². The first-order valence-corrected chi connectivity index (χ1v) is 8.46. The lowest BCUT2D eigenvalue weighted by Gasteiger charge is -2.08. The van der Waals surface area contributed by atoms with Gasteiger partial charge in [0.15, 0.2) is 9.84 Å². The highest BCUT2D eigenvalue weighted by Gasteiger charge is 2.20. The maximum atomic E-state index is 11.5. The smallest absolute Gasteiger partial charge is 0.337 e. The number of sulfone groups is 1. The van der Waals surface area contributed by atoms with Crippen LogP contribution in [0.1, 0.15) is 10.4 Å². The van der Waals surface area contributed by atoms with E-state index in [9.17, 15) is 23.3 Å². The fourth-order valence-electron chi connectivity index (χ4n) is 1.89. The molecule has 2 aromatic rings. The second kappa shape index (κ2) is 6.67. The molecule has 2 rings (SSSR count). The molecule has 0 aliphatic rings. The molecule has 0 aliphatic heterocycles. The molecule has 0 unspecified atom stereocenters. The van der Waals surface area contributed by atoms with Crippen molar-refractivity contribution in [3.8, 4) is 11.5 Å². The Kier molecular flexibility index (Phi) is 4.84. The molecule has 0 radical (unpaired) electrons. The number of esters is 1. The monoisotopic (exact) mass is 351 g/mol. The third kappa shape index (κ3) is 3.87. The second-order valence-electron chi connectivity index (χ2n) is 4.78. The first kappa shape index (κ1) is 17.4. The average Bonchev–Trinajstić information content (AvgIpc) is 2.53. The Hall–Kier alpha value is -2.94. The number of hydrogen-bond acceptors (Lipinski definition) is 7. The summed E-state index contributed by atoms with van der Waals surface area (Å²) in [7, 11) is -2.36. The van der Waals surface area contributed by atoms with Gasteiger partial charge in [-0.1, -0.05) is 6.07 Å². The fraction of sp³-hybridized carbons (Fsp3) is 0.133. The Morgan fingerprint density at radius 2 is 1.88 bits per heavy atom. The van der Waals surface area contributed by atoms with Crippen molar-refractivity contribution in [2.45, 2.75) is 4.90 Å². The number of methoxy groups -OCH3 is 1. The highest BCUT2D eigenvalue weighted by molar-refractivity contribution is 7.90. The summed E-state index contributed by atoms with van der Waals surface area (Å²) in [5, 5.41) is 11.2. The molecule has 0 amide bonds. The molecule has 0 saturated carbocycles. The predicted octanol–water partition coefficient (Wildman–Crippen LogP) is 2.58. The molecule has 0 spiro atoms. The van der Waals surface area contributed by atoms with E-state index in [1.54, 1.807) is 0 Å². The van der Waals surface area contributed by atoms with E-state index in [4.69, 9.17) is 4.74 Å². The first-order valence-electron chi connectivity index (χ1n) is 6.57. The molecular weight excluding hydrogens is 338 g/mol. The van der Waals surface area contributed by atoms with Gasteiger partial charge in [0.25, 0.3) is 0 Å². The summed E-state index contributed by atoms with van der Waals surface area (Å²) >= 11 is 0. The zero-order chi connectivity index (χ0) is 17.9. The van der Waals surface area contributed by atoms with Crippen molar-refractivity contribution >= 4 is 21.5 Å². The van der Waals surface area contributed by atoms with Gasteiger partial charge >= 0.3 is 11.7 Å². The Morgan fingerprint density at radius 1 is 1.17 bits per heavy atom. The Morgan fingerprint density at radius 3 is 2.46 bits per heavy atom. The fourth-order valence-corrected chi connectivity index (χ4v) is 2.53. The molecule has 0 heterocycles. The van der Waals surface area contributed by atoms with Gasteiger partial charge in [0.05, 0.1) is 22.5 Å². The van der Waals surface area contributed by atoms with E-state index >= 15 is 0 Å². The van der Waals surface area contributed by atoms with Crippen molar-refractivity contribution in [2.24, 2.45) is 0 Å². The second-order valence-corrected chi connectivity index (χ2v) is 6.80. The number of carbonyl (C=O) groups is 1. The van der Waals surface area contributed by atoms with Crippen LogP contribution in [0.4, 0.5) is 5.69 Å². The van der Waals surface area contributed by atoms with Gasteiger partial charge in [0.1, 0.15) is 5.75 Å². The van der Waals surface area contributed by atoms with Gasteiger partial charge in [-0.2, -0.15) is 0 Å². The molecular formula is C15H13NO7S. The number of benzene rings is 2. The number of rotatable bonds is 5. The number of nitro benzene ring substituents is 1. The topological polar surface area (TPSA) is 113 Å². The van der Waals surface area contributed by atoms with Crippen molar-refractivity contribution in [1.29, 1.82) is 0 Å². The SMILES string of the molecule is COC(=O)c1cccc(Oc2ccc(S(C)(=O)=O)cc2[N+](=O)[O-])c1. The van der Waals surface area contributed by atoms with Crippen molar-refractivity contribution in [2.75, 3.05) is 13.4 Å². The van der Waals surface area contributed by atoms with Crippen LogP contribution < -0.4 is 4.74 Å². The van der Waals surface area contributed by atoms with E-state index < -0.39 is 26.4 Å². The van der Waals surface area contributed by atoms with Crippen LogP contribution in [0.5, 0.6) is 11.5 Å². The van der Waals surface area contributed by atoms with Gasteiger partial charge in [0.2, 0.25) is 5.75 Å². The number of ether oxygens (including phenoxy) is 2. The van der Waals surface area contributed by atoms with Gasteiger partial charge < -0.3 is 9.47 Å². The molecule has 0 fully saturated rings. The zero-order valence-electron chi connectivity index (χ0n) is 12.8. The van der Waals surface area contributed by atoms with E-state index in [-0.39, 0.29) is 22.0 Å². The molecule has 2 aromatic carbocycles. The standard InChI is InChI=1S/C15H13NO7S/c1-22-15(17)10-4-3-5-11(8-10)23-14-7-6-12(24(2,20)21)9-13(14)16(18)19/h3-9H,1-2H3. The van der Waals surface area contributed by atoms with Crippen molar-refractivity contribution in [3.63, 3.8) is 0 Å². The highest BCUT2D eigenvalue weighted by Crippen LogP contribution is 2.33. The Balaban J connectivity index is 2.43. The van der Waals surface area contributed by atoms with Crippen molar-refractivity contribution in [1.82, 2.24) is 0 Å². The minimum Gasteiger partial charge on any atom is -0.465 e. The van der Waals surface area contributed by atoms with E-state index in [1.807, 2.05) is 0 Å². The molecule has 0 atom stereocenters. The van der Waals surface area contributed by atoms with Crippen molar-refractivity contribution < 1.29 is 27.6 Å². The number of nitro groups is 1. The summed E-state index contributed by atoms with van der Waals surface area (Å²) in [6.07, 6.45) is 0.951. The summed E-state index contributed by atoms with van der Waals surface area (Å²) in [5.41, 5.74) is -0.285. The summed E-state index contributed by atoms with van der Waals surface area (Å²) in [4.78, 5) is 21.7. The van der Waals surface area contributed by atoms with Crippen molar-refractivity contribution in [3.05, 3.63) is 58.1 Å². The van der Waals surface area contributed by atoms with Crippen LogP contribution in [0.25, 0.3) is 0 Å². The lowest BCUT2D eigenvalue weighted by molar-refractivity contribution is -0.385. The predicted molar refractivity (Wildman–Crippen MR) is 84.1 cm³/mol. The highest BCUT2D eigenvalue weighted by atomic mass is 32.2. The molecule has 9 heteroatoms. The molecule has 0 N–H and O–H groups in total. The summed E-state index contributed by atoms with van der Waals surface area (Å²) < 4.78 is 33.0.